The van der Waals surface area contributed by atoms with Crippen LogP contribution in [0.4, 0.5) is 0 Å². The summed E-state index contributed by atoms with van der Waals surface area (Å²) in [6.45, 7) is 9.88. The third-order valence-corrected chi connectivity index (χ3v) is 3.61. The topological polar surface area (TPSA) is 29.3 Å². The van der Waals surface area contributed by atoms with Gasteiger partial charge in [0.05, 0.1) is 0 Å². The number of hydrogen-bond acceptors (Lipinski definition) is 3. The average molecular weight is 232 g/mol. The molecule has 0 fully saturated rings. The fraction of sp³-hybridized carbons (Fsp3) is 1.00. The van der Waals surface area contributed by atoms with Crippen molar-refractivity contribution >= 4 is 11.8 Å². The molecule has 0 aromatic carbocycles. The number of thioether (sulfide) groups is 1. The molecule has 3 heteroatoms. The smallest absolute Gasteiger partial charge is 0.0223 e. The van der Waals surface area contributed by atoms with Gasteiger partial charge < -0.3 is 5.73 Å². The lowest BCUT2D eigenvalue weighted by molar-refractivity contribution is 0.154. The number of rotatable bonds is 6. The van der Waals surface area contributed by atoms with Crippen LogP contribution in [-0.4, -0.2) is 42.6 Å². The van der Waals surface area contributed by atoms with Crippen LogP contribution in [0.3, 0.4) is 0 Å². The van der Waals surface area contributed by atoms with Gasteiger partial charge in [0.15, 0.2) is 0 Å². The molecule has 0 aromatic heterocycles. The van der Waals surface area contributed by atoms with Crippen molar-refractivity contribution in [1.29, 1.82) is 0 Å². The maximum Gasteiger partial charge on any atom is 0.0223 e. The van der Waals surface area contributed by atoms with Crippen LogP contribution < -0.4 is 5.73 Å². The zero-order chi connectivity index (χ0) is 12.1. The SMILES string of the molecule is CSCC(C)N(C)C(CN)CC(C)(C)C. The summed E-state index contributed by atoms with van der Waals surface area (Å²) < 4.78 is 0. The van der Waals surface area contributed by atoms with Gasteiger partial charge in [0.1, 0.15) is 0 Å². The Morgan fingerprint density at radius 2 is 1.87 bits per heavy atom. The van der Waals surface area contributed by atoms with E-state index in [4.69, 9.17) is 5.73 Å². The van der Waals surface area contributed by atoms with E-state index >= 15 is 0 Å². The fourth-order valence-electron chi connectivity index (χ4n) is 1.82. The van der Waals surface area contributed by atoms with Gasteiger partial charge >= 0.3 is 0 Å². The van der Waals surface area contributed by atoms with Crippen molar-refractivity contribution in [2.45, 2.75) is 46.2 Å². The summed E-state index contributed by atoms with van der Waals surface area (Å²) in [6.07, 6.45) is 3.32. The third-order valence-electron chi connectivity index (χ3n) is 2.80. The quantitative estimate of drug-likeness (QED) is 0.763. The van der Waals surface area contributed by atoms with Gasteiger partial charge in [0.25, 0.3) is 0 Å². The summed E-state index contributed by atoms with van der Waals surface area (Å²) in [5.74, 6) is 1.18. The Kier molecular flexibility index (Phi) is 6.89. The molecule has 0 amide bonds. The van der Waals surface area contributed by atoms with Gasteiger partial charge in [0, 0.05) is 24.4 Å². The molecule has 0 heterocycles. The van der Waals surface area contributed by atoms with Crippen LogP contribution in [0.25, 0.3) is 0 Å². The van der Waals surface area contributed by atoms with Gasteiger partial charge in [0.2, 0.25) is 0 Å². The van der Waals surface area contributed by atoms with Crippen molar-refractivity contribution in [3.05, 3.63) is 0 Å². The highest BCUT2D eigenvalue weighted by atomic mass is 32.2. The normalized spacial score (nSPS) is 16.8. The van der Waals surface area contributed by atoms with E-state index in [0.29, 0.717) is 17.5 Å². The van der Waals surface area contributed by atoms with Crippen molar-refractivity contribution in [3.63, 3.8) is 0 Å². The van der Waals surface area contributed by atoms with Crippen molar-refractivity contribution in [2.75, 3.05) is 25.6 Å². The molecule has 15 heavy (non-hydrogen) atoms. The van der Waals surface area contributed by atoms with Gasteiger partial charge in [-0.1, -0.05) is 20.8 Å². The lowest BCUT2D eigenvalue weighted by atomic mass is 9.87. The van der Waals surface area contributed by atoms with Crippen LogP contribution in [0.15, 0.2) is 0 Å². The van der Waals surface area contributed by atoms with E-state index in [1.165, 1.54) is 12.2 Å². The second kappa shape index (κ2) is 6.77. The highest BCUT2D eigenvalue weighted by Crippen LogP contribution is 2.23. The lowest BCUT2D eigenvalue weighted by Gasteiger charge is -2.36. The van der Waals surface area contributed by atoms with Gasteiger partial charge in [-0.25, -0.2) is 0 Å². The zero-order valence-electron chi connectivity index (χ0n) is 11.2. The minimum atomic E-state index is 0.359. The summed E-state index contributed by atoms with van der Waals surface area (Å²) in [7, 11) is 2.20. The van der Waals surface area contributed by atoms with Crippen LogP contribution >= 0.6 is 11.8 Å². The van der Waals surface area contributed by atoms with Gasteiger partial charge in [-0.15, -0.1) is 0 Å². The number of nitrogens with zero attached hydrogens (tertiary/aromatic N) is 1. The lowest BCUT2D eigenvalue weighted by Crippen LogP contribution is -2.45. The summed E-state index contributed by atoms with van der Waals surface area (Å²) in [5.41, 5.74) is 6.22. The molecular formula is C12H28N2S. The first-order valence-electron chi connectivity index (χ1n) is 5.72. The fourth-order valence-corrected chi connectivity index (χ4v) is 2.54. The van der Waals surface area contributed by atoms with Crippen LogP contribution in [0.5, 0.6) is 0 Å². The highest BCUT2D eigenvalue weighted by molar-refractivity contribution is 7.98. The number of nitrogens with two attached hydrogens (primary N) is 1. The number of hydrogen-bond donors (Lipinski definition) is 1. The van der Waals surface area contributed by atoms with E-state index in [-0.39, 0.29) is 0 Å². The Balaban J connectivity index is 4.27. The Morgan fingerprint density at radius 3 is 2.20 bits per heavy atom. The Hall–Kier alpha value is 0.270. The van der Waals surface area contributed by atoms with Crippen LogP contribution in [0.1, 0.15) is 34.1 Å². The Morgan fingerprint density at radius 1 is 1.33 bits per heavy atom. The molecule has 0 bridgehead atoms. The zero-order valence-corrected chi connectivity index (χ0v) is 12.0. The molecule has 92 valence electrons. The predicted octanol–water partition coefficient (Wildman–Crippen LogP) is 2.43. The summed E-state index contributed by atoms with van der Waals surface area (Å²) in [5, 5.41) is 0. The molecule has 0 radical (unpaired) electrons. The minimum absolute atomic E-state index is 0.359. The molecule has 0 aliphatic carbocycles. The first-order chi connectivity index (χ1) is 6.81. The third kappa shape index (κ3) is 6.44. The Bertz CT molecular complexity index is 165. The second-order valence-corrected chi connectivity index (χ2v) is 6.53. The van der Waals surface area contributed by atoms with E-state index < -0.39 is 0 Å². The monoisotopic (exact) mass is 232 g/mol. The average Bonchev–Trinajstić information content (AvgIpc) is 2.12. The minimum Gasteiger partial charge on any atom is -0.329 e. The molecular weight excluding hydrogens is 204 g/mol. The van der Waals surface area contributed by atoms with Gasteiger partial charge in [-0.3, -0.25) is 4.90 Å². The second-order valence-electron chi connectivity index (χ2n) is 5.62. The molecule has 0 saturated heterocycles. The largest absolute Gasteiger partial charge is 0.329 e. The molecule has 0 aliphatic rings. The van der Waals surface area contributed by atoms with Gasteiger partial charge in [-0.05, 0) is 32.1 Å². The first-order valence-corrected chi connectivity index (χ1v) is 7.12. The molecule has 2 N–H and O–H groups in total. The van der Waals surface area contributed by atoms with E-state index in [1.807, 2.05) is 11.8 Å². The maximum absolute atomic E-state index is 5.87. The van der Waals surface area contributed by atoms with Crippen molar-refractivity contribution in [1.82, 2.24) is 4.90 Å². The summed E-state index contributed by atoms with van der Waals surface area (Å²) >= 11 is 1.90. The van der Waals surface area contributed by atoms with Crippen molar-refractivity contribution < 1.29 is 0 Å². The standard InChI is InChI=1S/C12H28N2S/c1-10(9-15-6)14(5)11(8-13)7-12(2,3)4/h10-11H,7-9,13H2,1-6H3. The predicted molar refractivity (Wildman–Crippen MR) is 72.5 cm³/mol. The molecule has 0 aromatic rings. The Labute approximate surface area is 100.0 Å². The molecule has 0 rings (SSSR count). The van der Waals surface area contributed by atoms with Crippen LogP contribution in [0, 0.1) is 5.41 Å². The summed E-state index contributed by atoms with van der Waals surface area (Å²) in [6, 6.07) is 1.11. The van der Waals surface area contributed by atoms with Crippen molar-refractivity contribution in [3.8, 4) is 0 Å². The molecule has 2 unspecified atom stereocenters. The van der Waals surface area contributed by atoms with Gasteiger partial charge in [-0.2, -0.15) is 11.8 Å². The first kappa shape index (κ1) is 15.3. The van der Waals surface area contributed by atoms with Crippen LogP contribution in [0.2, 0.25) is 0 Å². The molecule has 0 spiro atoms. The molecule has 0 saturated carbocycles. The van der Waals surface area contributed by atoms with Crippen LogP contribution in [-0.2, 0) is 0 Å². The molecule has 2 atom stereocenters. The van der Waals surface area contributed by atoms with Crippen molar-refractivity contribution in [2.24, 2.45) is 11.1 Å². The van der Waals surface area contributed by atoms with E-state index in [2.05, 4.69) is 45.9 Å². The van der Waals surface area contributed by atoms with E-state index in [9.17, 15) is 0 Å². The maximum atomic E-state index is 5.87. The van der Waals surface area contributed by atoms with E-state index in [0.717, 1.165) is 6.54 Å². The molecule has 0 aliphatic heterocycles. The molecule has 2 nitrogen and oxygen atoms in total. The highest BCUT2D eigenvalue weighted by Gasteiger charge is 2.23. The summed E-state index contributed by atoms with van der Waals surface area (Å²) in [4.78, 5) is 2.43. The van der Waals surface area contributed by atoms with E-state index in [1.54, 1.807) is 0 Å². The number of likely N-dealkylation sites (N-methyl/N-ethyl adjacent to an activating group) is 1.